The van der Waals surface area contributed by atoms with Crippen molar-refractivity contribution >= 4 is 17.2 Å². The Kier molecular flexibility index (Phi) is 5.09. The molecule has 1 saturated heterocycles. The summed E-state index contributed by atoms with van der Waals surface area (Å²) in [6.07, 6.45) is 3.10. The van der Waals surface area contributed by atoms with E-state index < -0.39 is 0 Å². The van der Waals surface area contributed by atoms with Crippen molar-refractivity contribution in [1.29, 1.82) is 0 Å². The first-order valence-corrected chi connectivity index (χ1v) is 9.68. The number of aromatic nitrogens is 3. The number of fused-ring (bicyclic) bond motifs is 1. The summed E-state index contributed by atoms with van der Waals surface area (Å²) in [5.41, 5.74) is 2.25. The molecular formula is C17H23N5O2S. The Morgan fingerprint density at radius 1 is 1.24 bits per heavy atom. The second kappa shape index (κ2) is 7.63. The van der Waals surface area contributed by atoms with E-state index in [4.69, 9.17) is 4.74 Å². The molecule has 0 atom stereocenters. The molecule has 0 spiro atoms. The summed E-state index contributed by atoms with van der Waals surface area (Å²) >= 11 is 1.70. The fourth-order valence-electron chi connectivity index (χ4n) is 3.37. The fourth-order valence-corrected chi connectivity index (χ4v) is 4.02. The van der Waals surface area contributed by atoms with Crippen molar-refractivity contribution < 1.29 is 9.53 Å². The molecular weight excluding hydrogens is 338 g/mol. The molecule has 2 aliphatic heterocycles. The molecule has 1 fully saturated rings. The zero-order chi connectivity index (χ0) is 17.1. The van der Waals surface area contributed by atoms with E-state index in [0.717, 1.165) is 36.9 Å². The Morgan fingerprint density at radius 2 is 2.12 bits per heavy atom. The van der Waals surface area contributed by atoms with Gasteiger partial charge in [-0.25, -0.2) is 4.98 Å². The lowest BCUT2D eigenvalue weighted by atomic mass is 10.2. The molecule has 2 aromatic rings. The summed E-state index contributed by atoms with van der Waals surface area (Å²) < 4.78 is 7.39. The Morgan fingerprint density at radius 3 is 2.92 bits per heavy atom. The minimum atomic E-state index is 0.208. The van der Waals surface area contributed by atoms with E-state index in [0.29, 0.717) is 39.1 Å². The topological polar surface area (TPSA) is 63.5 Å². The zero-order valence-electron chi connectivity index (χ0n) is 14.3. The minimum absolute atomic E-state index is 0.208. The van der Waals surface area contributed by atoms with Gasteiger partial charge < -0.3 is 9.64 Å². The monoisotopic (exact) mass is 361 g/mol. The first-order valence-electron chi connectivity index (χ1n) is 8.80. The normalized spacial score (nSPS) is 18.3. The third-order valence-electron chi connectivity index (χ3n) is 4.73. The summed E-state index contributed by atoms with van der Waals surface area (Å²) in [6.45, 7) is 6.41. The van der Waals surface area contributed by atoms with Gasteiger partial charge in [-0.15, -0.1) is 11.3 Å². The van der Waals surface area contributed by atoms with Gasteiger partial charge in [-0.1, -0.05) is 0 Å². The lowest BCUT2D eigenvalue weighted by molar-refractivity contribution is -0.135. The number of amides is 1. The van der Waals surface area contributed by atoms with Gasteiger partial charge >= 0.3 is 0 Å². The first-order chi connectivity index (χ1) is 12.3. The number of ether oxygens (including phenoxy) is 1. The number of aryl methyl sites for hydroxylation is 1. The molecule has 7 nitrogen and oxygen atoms in total. The summed E-state index contributed by atoms with van der Waals surface area (Å²) in [5, 5.41) is 7.86. The number of carbonyl (C=O) groups excluding carboxylic acids is 1. The van der Waals surface area contributed by atoms with E-state index in [1.165, 1.54) is 5.69 Å². The molecule has 0 radical (unpaired) electrons. The van der Waals surface area contributed by atoms with Gasteiger partial charge in [0.15, 0.2) is 0 Å². The average Bonchev–Trinajstić information content (AvgIpc) is 3.29. The Balaban J connectivity index is 1.31. The second-order valence-corrected chi connectivity index (χ2v) is 7.46. The molecule has 0 aliphatic carbocycles. The van der Waals surface area contributed by atoms with Crippen LogP contribution in [0.2, 0.25) is 0 Å². The standard InChI is InChI=1S/C17H23N5O2S/c23-17(21-6-8-24-9-7-21)2-1-14-11-15-12-20(4-5-22(15)19-14)13-16-18-3-10-25-16/h3,10-11H,1-2,4-9,12-13H2. The molecule has 8 heteroatoms. The summed E-state index contributed by atoms with van der Waals surface area (Å²) in [6, 6.07) is 2.15. The number of rotatable bonds is 5. The number of hydrogen-bond acceptors (Lipinski definition) is 6. The van der Waals surface area contributed by atoms with E-state index in [9.17, 15) is 4.79 Å². The molecule has 0 aromatic carbocycles. The van der Waals surface area contributed by atoms with Crippen LogP contribution >= 0.6 is 11.3 Å². The molecule has 2 aromatic heterocycles. The van der Waals surface area contributed by atoms with Crippen molar-refractivity contribution in [2.45, 2.75) is 32.5 Å². The van der Waals surface area contributed by atoms with Crippen molar-refractivity contribution in [3.05, 3.63) is 34.0 Å². The molecule has 0 unspecified atom stereocenters. The van der Waals surface area contributed by atoms with Crippen molar-refractivity contribution in [3.63, 3.8) is 0 Å². The van der Waals surface area contributed by atoms with Crippen LogP contribution in [0.4, 0.5) is 0 Å². The number of nitrogens with zero attached hydrogens (tertiary/aromatic N) is 5. The van der Waals surface area contributed by atoms with Crippen molar-refractivity contribution in [2.75, 3.05) is 32.8 Å². The lowest BCUT2D eigenvalue weighted by Gasteiger charge is -2.26. The second-order valence-electron chi connectivity index (χ2n) is 6.48. The number of hydrogen-bond donors (Lipinski definition) is 0. The van der Waals surface area contributed by atoms with Crippen molar-refractivity contribution in [2.24, 2.45) is 0 Å². The molecule has 0 saturated carbocycles. The van der Waals surface area contributed by atoms with Crippen LogP contribution in [0.5, 0.6) is 0 Å². The highest BCUT2D eigenvalue weighted by Crippen LogP contribution is 2.18. The van der Waals surface area contributed by atoms with Crippen LogP contribution in [0, 0.1) is 0 Å². The van der Waals surface area contributed by atoms with E-state index in [1.807, 2.05) is 16.5 Å². The molecule has 134 valence electrons. The third-order valence-corrected chi connectivity index (χ3v) is 5.49. The van der Waals surface area contributed by atoms with Crippen LogP contribution in [-0.2, 0) is 35.6 Å². The van der Waals surface area contributed by atoms with Gasteiger partial charge in [-0.05, 0) is 6.07 Å². The highest BCUT2D eigenvalue weighted by molar-refractivity contribution is 7.09. The predicted molar refractivity (Wildman–Crippen MR) is 94.2 cm³/mol. The Hall–Kier alpha value is -1.77. The Bertz CT molecular complexity index is 709. The molecule has 25 heavy (non-hydrogen) atoms. The summed E-state index contributed by atoms with van der Waals surface area (Å²) in [7, 11) is 0. The molecule has 4 rings (SSSR count). The number of thiazole rings is 1. The maximum Gasteiger partial charge on any atom is 0.223 e. The van der Waals surface area contributed by atoms with E-state index in [-0.39, 0.29) is 5.91 Å². The van der Waals surface area contributed by atoms with Gasteiger partial charge in [0.2, 0.25) is 5.91 Å². The summed E-state index contributed by atoms with van der Waals surface area (Å²) in [5.74, 6) is 0.208. The van der Waals surface area contributed by atoms with Gasteiger partial charge in [-0.2, -0.15) is 5.10 Å². The van der Waals surface area contributed by atoms with Crippen molar-refractivity contribution in [1.82, 2.24) is 24.6 Å². The van der Waals surface area contributed by atoms with E-state index >= 15 is 0 Å². The minimum Gasteiger partial charge on any atom is -0.378 e. The van der Waals surface area contributed by atoms with E-state index in [1.54, 1.807) is 11.3 Å². The maximum atomic E-state index is 12.3. The Labute approximate surface area is 151 Å². The van der Waals surface area contributed by atoms with Gasteiger partial charge in [-0.3, -0.25) is 14.4 Å². The molecule has 0 bridgehead atoms. The van der Waals surface area contributed by atoms with Crippen LogP contribution in [-0.4, -0.2) is 63.3 Å². The number of morpholine rings is 1. The SMILES string of the molecule is O=C(CCc1cc2n(n1)CCN(Cc1nccs1)C2)N1CCOCC1. The molecule has 2 aliphatic rings. The highest BCUT2D eigenvalue weighted by Gasteiger charge is 2.21. The third kappa shape index (κ3) is 4.08. The van der Waals surface area contributed by atoms with Crippen LogP contribution in [0.1, 0.15) is 22.8 Å². The van der Waals surface area contributed by atoms with Crippen LogP contribution in [0.15, 0.2) is 17.6 Å². The molecule has 1 amide bonds. The van der Waals surface area contributed by atoms with Crippen LogP contribution < -0.4 is 0 Å². The maximum absolute atomic E-state index is 12.3. The van der Waals surface area contributed by atoms with Gasteiger partial charge in [0, 0.05) is 50.6 Å². The van der Waals surface area contributed by atoms with Crippen molar-refractivity contribution in [3.8, 4) is 0 Å². The van der Waals surface area contributed by atoms with Gasteiger partial charge in [0.05, 0.1) is 37.7 Å². The fraction of sp³-hybridized carbons (Fsp3) is 0.588. The number of carbonyl (C=O) groups is 1. The predicted octanol–water partition coefficient (Wildman–Crippen LogP) is 1.15. The highest BCUT2D eigenvalue weighted by atomic mass is 32.1. The zero-order valence-corrected chi connectivity index (χ0v) is 15.1. The van der Waals surface area contributed by atoms with Gasteiger partial charge in [0.1, 0.15) is 5.01 Å². The van der Waals surface area contributed by atoms with E-state index in [2.05, 4.69) is 25.7 Å². The van der Waals surface area contributed by atoms with Crippen LogP contribution in [0.25, 0.3) is 0 Å². The average molecular weight is 361 g/mol. The van der Waals surface area contributed by atoms with Gasteiger partial charge in [0.25, 0.3) is 0 Å². The summed E-state index contributed by atoms with van der Waals surface area (Å²) in [4.78, 5) is 20.9. The largest absolute Gasteiger partial charge is 0.378 e. The first kappa shape index (κ1) is 16.7. The smallest absolute Gasteiger partial charge is 0.223 e. The molecule has 4 heterocycles. The van der Waals surface area contributed by atoms with Crippen LogP contribution in [0.3, 0.4) is 0 Å². The lowest BCUT2D eigenvalue weighted by Crippen LogP contribution is -2.40. The molecule has 0 N–H and O–H groups in total. The quantitative estimate of drug-likeness (QED) is 0.799.